The molecule has 26 heavy (non-hydrogen) atoms. The average Bonchev–Trinajstić information content (AvgIpc) is 2.95. The quantitative estimate of drug-likeness (QED) is 0.555. The van der Waals surface area contributed by atoms with E-state index in [9.17, 15) is 5.11 Å². The molecule has 1 aliphatic heterocycles. The van der Waals surface area contributed by atoms with Crippen LogP contribution in [0.1, 0.15) is 0 Å². The van der Waals surface area contributed by atoms with Gasteiger partial charge in [0.05, 0.1) is 18.7 Å². The van der Waals surface area contributed by atoms with E-state index in [-0.39, 0.29) is 17.8 Å². The minimum atomic E-state index is -0.0859. The van der Waals surface area contributed by atoms with Crippen LogP contribution in [0.25, 0.3) is 10.9 Å². The summed E-state index contributed by atoms with van der Waals surface area (Å²) in [6, 6.07) is 5.52. The Morgan fingerprint density at radius 3 is 2.81 bits per heavy atom. The van der Waals surface area contributed by atoms with Gasteiger partial charge >= 0.3 is 0 Å². The van der Waals surface area contributed by atoms with E-state index in [1.54, 1.807) is 0 Å². The van der Waals surface area contributed by atoms with Gasteiger partial charge in [0.25, 0.3) is 5.95 Å². The van der Waals surface area contributed by atoms with Crippen LogP contribution in [-0.2, 0) is 4.74 Å². The number of ether oxygens (including phenoxy) is 1. The van der Waals surface area contributed by atoms with E-state index in [4.69, 9.17) is 10.5 Å². The molecule has 0 radical (unpaired) electrons. The monoisotopic (exact) mass is 418 g/mol. The SMILES string of the molecule is Nc1nc(N=Nc2c(O)[nH]c3ccc(Br)cc23)nc(N2CCOCC2)n1. The van der Waals surface area contributed by atoms with E-state index < -0.39 is 0 Å². The van der Waals surface area contributed by atoms with Gasteiger partial charge in [-0.25, -0.2) is 0 Å². The van der Waals surface area contributed by atoms with Crippen molar-refractivity contribution in [3.63, 3.8) is 0 Å². The van der Waals surface area contributed by atoms with Crippen molar-refractivity contribution in [3.05, 3.63) is 22.7 Å². The molecule has 0 amide bonds. The molecule has 1 saturated heterocycles. The third-order valence-electron chi connectivity index (χ3n) is 3.88. The molecule has 0 atom stereocenters. The predicted molar refractivity (Wildman–Crippen MR) is 99.1 cm³/mol. The largest absolute Gasteiger partial charge is 0.493 e. The number of azo groups is 1. The Kier molecular flexibility index (Phi) is 4.39. The number of anilines is 2. The molecule has 3 aromatic rings. The number of benzene rings is 1. The zero-order chi connectivity index (χ0) is 18.1. The maximum Gasteiger partial charge on any atom is 0.275 e. The fraction of sp³-hybridized carbons (Fsp3) is 0.267. The molecule has 11 heteroatoms. The van der Waals surface area contributed by atoms with Crippen molar-refractivity contribution in [2.75, 3.05) is 36.9 Å². The van der Waals surface area contributed by atoms with Gasteiger partial charge in [-0.2, -0.15) is 15.0 Å². The number of nitrogens with one attached hydrogen (secondary N) is 1. The Hall–Kier alpha value is -2.79. The van der Waals surface area contributed by atoms with Gasteiger partial charge in [-0.05, 0) is 18.2 Å². The highest BCUT2D eigenvalue weighted by molar-refractivity contribution is 9.10. The number of aromatic hydroxyl groups is 1. The second-order valence-corrected chi connectivity index (χ2v) is 6.52. The lowest BCUT2D eigenvalue weighted by Gasteiger charge is -2.26. The zero-order valence-corrected chi connectivity index (χ0v) is 15.1. The molecule has 4 rings (SSSR count). The predicted octanol–water partition coefficient (Wildman–Crippen LogP) is 2.66. The number of rotatable bonds is 3. The Balaban J connectivity index is 1.68. The molecular formula is C15H15BrN8O2. The Morgan fingerprint density at radius 1 is 1.19 bits per heavy atom. The summed E-state index contributed by atoms with van der Waals surface area (Å²) in [4.78, 5) is 17.2. The first-order valence-electron chi connectivity index (χ1n) is 7.86. The molecule has 2 aromatic heterocycles. The van der Waals surface area contributed by atoms with Gasteiger partial charge in [0, 0.05) is 22.9 Å². The highest BCUT2D eigenvalue weighted by Gasteiger charge is 2.16. The molecule has 1 aliphatic rings. The smallest absolute Gasteiger partial charge is 0.275 e. The van der Waals surface area contributed by atoms with Gasteiger partial charge in [0.2, 0.25) is 17.8 Å². The van der Waals surface area contributed by atoms with Crippen LogP contribution in [0, 0.1) is 0 Å². The van der Waals surface area contributed by atoms with Crippen molar-refractivity contribution in [1.82, 2.24) is 19.9 Å². The maximum absolute atomic E-state index is 10.1. The Morgan fingerprint density at radius 2 is 2.00 bits per heavy atom. The minimum Gasteiger partial charge on any atom is -0.493 e. The summed E-state index contributed by atoms with van der Waals surface area (Å²) < 4.78 is 6.18. The third-order valence-corrected chi connectivity index (χ3v) is 4.37. The summed E-state index contributed by atoms with van der Waals surface area (Å²) in [6.45, 7) is 2.52. The molecule has 134 valence electrons. The summed E-state index contributed by atoms with van der Waals surface area (Å²) in [7, 11) is 0. The first kappa shape index (κ1) is 16.7. The van der Waals surface area contributed by atoms with Crippen LogP contribution < -0.4 is 10.6 Å². The third kappa shape index (κ3) is 3.30. The molecule has 3 heterocycles. The van der Waals surface area contributed by atoms with Crippen molar-refractivity contribution in [1.29, 1.82) is 0 Å². The molecule has 0 spiro atoms. The number of nitrogen functional groups attached to an aromatic ring is 1. The van der Waals surface area contributed by atoms with Crippen molar-refractivity contribution in [3.8, 4) is 5.88 Å². The van der Waals surface area contributed by atoms with Crippen LogP contribution >= 0.6 is 15.9 Å². The highest BCUT2D eigenvalue weighted by Crippen LogP contribution is 2.37. The molecule has 0 saturated carbocycles. The molecule has 1 aromatic carbocycles. The van der Waals surface area contributed by atoms with Crippen molar-refractivity contribution in [2.45, 2.75) is 0 Å². The lowest BCUT2D eigenvalue weighted by molar-refractivity contribution is 0.122. The summed E-state index contributed by atoms with van der Waals surface area (Å²) in [5.74, 6) is 0.474. The summed E-state index contributed by atoms with van der Waals surface area (Å²) in [6.07, 6.45) is 0. The van der Waals surface area contributed by atoms with Gasteiger partial charge in [-0.1, -0.05) is 15.9 Å². The lowest BCUT2D eigenvalue weighted by atomic mass is 10.2. The Labute approximate surface area is 156 Å². The standard InChI is InChI=1S/C15H15BrN8O2/c16-8-1-2-10-9(7-8)11(12(25)18-10)22-23-14-19-13(17)20-15(21-14)24-3-5-26-6-4-24/h1-2,7,18,25H,3-6H2,(H2,17,19,20,21). The average molecular weight is 419 g/mol. The fourth-order valence-electron chi connectivity index (χ4n) is 2.65. The van der Waals surface area contributed by atoms with E-state index in [2.05, 4.69) is 46.1 Å². The number of nitrogens with two attached hydrogens (primary N) is 1. The number of morpholine rings is 1. The number of nitrogens with zero attached hydrogens (tertiary/aromatic N) is 6. The molecule has 4 N–H and O–H groups in total. The maximum atomic E-state index is 10.1. The minimum absolute atomic E-state index is 0.0568. The normalized spacial score (nSPS) is 15.2. The molecule has 0 unspecified atom stereocenters. The van der Waals surface area contributed by atoms with Crippen LogP contribution in [0.4, 0.5) is 23.5 Å². The number of hydrogen-bond donors (Lipinski definition) is 3. The number of aromatic amines is 1. The van der Waals surface area contributed by atoms with Crippen LogP contribution in [0.2, 0.25) is 0 Å². The van der Waals surface area contributed by atoms with Crippen LogP contribution in [0.3, 0.4) is 0 Å². The molecule has 1 fully saturated rings. The second-order valence-electron chi connectivity index (χ2n) is 5.61. The van der Waals surface area contributed by atoms with E-state index >= 15 is 0 Å². The van der Waals surface area contributed by atoms with E-state index in [0.717, 1.165) is 15.4 Å². The molecular weight excluding hydrogens is 404 g/mol. The summed E-state index contributed by atoms with van der Waals surface area (Å²) >= 11 is 3.40. The topological polar surface area (TPSA) is 138 Å². The molecule has 10 nitrogen and oxygen atoms in total. The van der Waals surface area contributed by atoms with E-state index in [1.165, 1.54) is 0 Å². The summed E-state index contributed by atoms with van der Waals surface area (Å²) in [5, 5.41) is 18.9. The lowest BCUT2D eigenvalue weighted by Crippen LogP contribution is -2.37. The number of fused-ring (bicyclic) bond motifs is 1. The molecule has 0 aliphatic carbocycles. The van der Waals surface area contributed by atoms with Crippen LogP contribution in [-0.4, -0.2) is 51.3 Å². The van der Waals surface area contributed by atoms with Gasteiger partial charge < -0.3 is 25.5 Å². The van der Waals surface area contributed by atoms with Crippen molar-refractivity contribution >= 4 is 50.4 Å². The summed E-state index contributed by atoms with van der Waals surface area (Å²) in [5.41, 5.74) is 6.81. The van der Waals surface area contributed by atoms with E-state index in [1.807, 2.05) is 23.1 Å². The van der Waals surface area contributed by atoms with E-state index in [0.29, 0.717) is 37.9 Å². The number of H-pyrrole nitrogens is 1. The van der Waals surface area contributed by atoms with Gasteiger partial charge in [-0.15, -0.1) is 10.2 Å². The van der Waals surface area contributed by atoms with Gasteiger partial charge in [0.15, 0.2) is 5.69 Å². The Bertz CT molecular complexity index is 983. The number of hydrogen-bond acceptors (Lipinski definition) is 9. The van der Waals surface area contributed by atoms with Gasteiger partial charge in [-0.3, -0.25) is 0 Å². The first-order valence-corrected chi connectivity index (χ1v) is 8.65. The van der Waals surface area contributed by atoms with Crippen LogP contribution in [0.5, 0.6) is 5.88 Å². The van der Waals surface area contributed by atoms with Gasteiger partial charge in [0.1, 0.15) is 0 Å². The number of aromatic nitrogens is 4. The number of halogens is 1. The first-order chi connectivity index (χ1) is 12.6. The zero-order valence-electron chi connectivity index (χ0n) is 13.6. The highest BCUT2D eigenvalue weighted by atomic mass is 79.9. The fourth-order valence-corrected chi connectivity index (χ4v) is 3.01. The molecule has 0 bridgehead atoms. The van der Waals surface area contributed by atoms with Crippen molar-refractivity contribution in [2.24, 2.45) is 10.2 Å². The second kappa shape index (κ2) is 6.84. The van der Waals surface area contributed by atoms with Crippen molar-refractivity contribution < 1.29 is 9.84 Å². The van der Waals surface area contributed by atoms with Crippen LogP contribution in [0.15, 0.2) is 32.9 Å².